The van der Waals surface area contributed by atoms with Gasteiger partial charge in [-0.3, -0.25) is 0 Å². The Morgan fingerprint density at radius 3 is 1.41 bits per heavy atom. The highest BCUT2D eigenvalue weighted by Crippen LogP contribution is 2.33. The van der Waals surface area contributed by atoms with E-state index in [2.05, 4.69) is 20.5 Å². The molecule has 0 saturated carbocycles. The molecule has 0 aliphatic heterocycles. The number of ether oxygens (including phenoxy) is 1. The van der Waals surface area contributed by atoms with Gasteiger partial charge in [0.1, 0.15) is 5.75 Å². The van der Waals surface area contributed by atoms with Gasteiger partial charge in [0, 0.05) is 32.9 Å². The van der Waals surface area contributed by atoms with Crippen LogP contribution in [-0.2, 0) is 0 Å². The van der Waals surface area contributed by atoms with Crippen LogP contribution in [0, 0.1) is 0 Å². The number of nitrogen functional groups attached to an aromatic ring is 2. The first-order valence-electron chi connectivity index (χ1n) is 12.9. The number of azo groups is 2. The summed E-state index contributed by atoms with van der Waals surface area (Å²) in [5, 5.41) is 21.1. The summed E-state index contributed by atoms with van der Waals surface area (Å²) in [4.78, 5) is 12.7. The third kappa shape index (κ3) is 5.48. The van der Waals surface area contributed by atoms with Gasteiger partial charge in [0.15, 0.2) is 0 Å². The molecule has 0 fully saturated rings. The van der Waals surface area contributed by atoms with Gasteiger partial charge in [0.05, 0.1) is 28.3 Å². The summed E-state index contributed by atoms with van der Waals surface area (Å²) >= 11 is 0. The third-order valence-corrected chi connectivity index (χ3v) is 6.57. The van der Waals surface area contributed by atoms with Gasteiger partial charge in [-0.15, -0.1) is 10.2 Å². The second-order valence-electron chi connectivity index (χ2n) is 9.27. The molecule has 4 N–H and O–H groups in total. The number of nitrogens with zero attached hydrogens (tertiary/aromatic N) is 4. The largest absolute Gasteiger partial charge is 0.423 e. The maximum atomic E-state index is 12.7. The van der Waals surface area contributed by atoms with Gasteiger partial charge in [-0.1, -0.05) is 48.5 Å². The molecule has 8 heteroatoms. The molecule has 0 unspecified atom stereocenters. The molecule has 0 atom stereocenters. The number of anilines is 2. The minimum atomic E-state index is -0.485. The number of fused-ring (bicyclic) bond motifs is 2. The van der Waals surface area contributed by atoms with E-state index in [1.54, 1.807) is 48.5 Å². The lowest BCUT2D eigenvalue weighted by Crippen LogP contribution is -2.07. The smallest absolute Gasteiger partial charge is 0.343 e. The molecule has 6 aromatic rings. The lowest BCUT2D eigenvalue weighted by atomic mass is 10.1. The maximum Gasteiger partial charge on any atom is 0.343 e. The number of carbonyl (C=O) groups excluding carboxylic acids is 1. The predicted octanol–water partition coefficient (Wildman–Crippen LogP) is 9.21. The first-order chi connectivity index (χ1) is 20.0. The molecule has 6 aromatic carbocycles. The Hall–Kier alpha value is -5.89. The van der Waals surface area contributed by atoms with E-state index < -0.39 is 5.97 Å². The fourth-order valence-corrected chi connectivity index (χ4v) is 4.42. The number of nitrogens with two attached hydrogens (primary N) is 2. The Morgan fingerprint density at radius 2 is 0.927 bits per heavy atom. The van der Waals surface area contributed by atoms with Crippen molar-refractivity contribution in [3.05, 3.63) is 127 Å². The summed E-state index contributed by atoms with van der Waals surface area (Å²) in [6.07, 6.45) is 0. The Kier molecular flexibility index (Phi) is 6.86. The van der Waals surface area contributed by atoms with E-state index >= 15 is 0 Å². The maximum absolute atomic E-state index is 12.7. The number of rotatable bonds is 6. The number of esters is 1. The summed E-state index contributed by atoms with van der Waals surface area (Å²) < 4.78 is 5.53. The highest BCUT2D eigenvalue weighted by atomic mass is 16.5. The molecule has 198 valence electrons. The molecular formula is C33H24N6O2. The van der Waals surface area contributed by atoms with Gasteiger partial charge < -0.3 is 16.2 Å². The van der Waals surface area contributed by atoms with Gasteiger partial charge in [0.25, 0.3) is 0 Å². The second kappa shape index (κ2) is 11.1. The van der Waals surface area contributed by atoms with Crippen LogP contribution in [0.5, 0.6) is 5.75 Å². The third-order valence-electron chi connectivity index (χ3n) is 6.57. The van der Waals surface area contributed by atoms with Crippen LogP contribution in [0.3, 0.4) is 0 Å². The van der Waals surface area contributed by atoms with Crippen LogP contribution >= 0.6 is 0 Å². The first-order valence-corrected chi connectivity index (χ1v) is 12.9. The van der Waals surface area contributed by atoms with Crippen molar-refractivity contribution in [2.45, 2.75) is 0 Å². The molecule has 0 heterocycles. The lowest BCUT2D eigenvalue weighted by molar-refractivity contribution is 0.0735. The quantitative estimate of drug-likeness (QED) is 0.0951. The highest BCUT2D eigenvalue weighted by molar-refractivity contribution is 6.00. The van der Waals surface area contributed by atoms with Crippen LogP contribution in [0.1, 0.15) is 10.4 Å². The van der Waals surface area contributed by atoms with E-state index in [4.69, 9.17) is 16.2 Å². The average Bonchev–Trinajstić information content (AvgIpc) is 3.02. The number of hydrogen-bond acceptors (Lipinski definition) is 8. The van der Waals surface area contributed by atoms with Crippen LogP contribution in [0.25, 0.3) is 21.5 Å². The zero-order valence-corrected chi connectivity index (χ0v) is 21.8. The van der Waals surface area contributed by atoms with Crippen LogP contribution in [0.4, 0.5) is 34.1 Å². The fourth-order valence-electron chi connectivity index (χ4n) is 4.42. The van der Waals surface area contributed by atoms with E-state index in [0.29, 0.717) is 39.7 Å². The second-order valence-corrected chi connectivity index (χ2v) is 9.27. The van der Waals surface area contributed by atoms with E-state index in [-0.39, 0.29) is 0 Å². The topological polar surface area (TPSA) is 128 Å². The van der Waals surface area contributed by atoms with Gasteiger partial charge in [-0.2, -0.15) is 10.2 Å². The molecule has 0 aliphatic rings. The predicted molar refractivity (Wildman–Crippen MR) is 163 cm³/mol. The van der Waals surface area contributed by atoms with E-state index in [1.807, 2.05) is 72.8 Å². The summed E-state index contributed by atoms with van der Waals surface area (Å²) in [6, 6.07) is 36.4. The number of carbonyl (C=O) groups is 1. The molecular weight excluding hydrogens is 512 g/mol. The molecule has 0 spiro atoms. The zero-order chi connectivity index (χ0) is 28.2. The van der Waals surface area contributed by atoms with Crippen molar-refractivity contribution in [3.8, 4) is 5.75 Å². The summed E-state index contributed by atoms with van der Waals surface area (Å²) in [7, 11) is 0. The minimum absolute atomic E-state index is 0.390. The van der Waals surface area contributed by atoms with Crippen molar-refractivity contribution in [2.24, 2.45) is 20.5 Å². The van der Waals surface area contributed by atoms with Gasteiger partial charge in [0.2, 0.25) is 0 Å². The van der Waals surface area contributed by atoms with Crippen molar-refractivity contribution in [2.75, 3.05) is 11.5 Å². The van der Waals surface area contributed by atoms with Crippen LogP contribution in [-0.4, -0.2) is 5.97 Å². The van der Waals surface area contributed by atoms with Crippen LogP contribution in [0.15, 0.2) is 142 Å². The first kappa shape index (κ1) is 25.4. The monoisotopic (exact) mass is 536 g/mol. The molecule has 0 radical (unpaired) electrons. The summed E-state index contributed by atoms with van der Waals surface area (Å²) in [6.45, 7) is 0. The van der Waals surface area contributed by atoms with Gasteiger partial charge in [-0.25, -0.2) is 4.79 Å². The lowest BCUT2D eigenvalue weighted by Gasteiger charge is -2.06. The molecule has 6 rings (SSSR count). The Morgan fingerprint density at radius 1 is 0.488 bits per heavy atom. The van der Waals surface area contributed by atoms with Crippen molar-refractivity contribution >= 4 is 61.6 Å². The average molecular weight is 537 g/mol. The molecule has 8 nitrogen and oxygen atoms in total. The van der Waals surface area contributed by atoms with E-state index in [0.717, 1.165) is 27.2 Å². The molecule has 0 aromatic heterocycles. The van der Waals surface area contributed by atoms with E-state index in [9.17, 15) is 4.79 Å². The Balaban J connectivity index is 1.11. The van der Waals surface area contributed by atoms with Gasteiger partial charge >= 0.3 is 5.97 Å². The normalized spacial score (nSPS) is 11.5. The van der Waals surface area contributed by atoms with Crippen LogP contribution in [0.2, 0.25) is 0 Å². The van der Waals surface area contributed by atoms with Crippen molar-refractivity contribution < 1.29 is 9.53 Å². The molecule has 0 saturated heterocycles. The summed E-state index contributed by atoms with van der Waals surface area (Å²) in [5.74, 6) is -0.0911. The van der Waals surface area contributed by atoms with Crippen molar-refractivity contribution in [3.63, 3.8) is 0 Å². The number of benzene rings is 6. The highest BCUT2D eigenvalue weighted by Gasteiger charge is 2.09. The van der Waals surface area contributed by atoms with Crippen molar-refractivity contribution in [1.29, 1.82) is 0 Å². The van der Waals surface area contributed by atoms with Gasteiger partial charge in [-0.05, 0) is 72.8 Å². The molecule has 0 aliphatic carbocycles. The Bertz CT molecular complexity index is 1950. The standard InChI is InChI=1S/C33H24N6O2/c34-29-17-19-31(27-7-3-1-5-25(27)29)38-36-22-11-9-21(10-12-22)33(40)41-24-15-13-23(14-16-24)37-39-32-20-18-30(35)26-6-2-4-8-28(26)32/h1-20H,34-35H2/b38-36?,39-37+. The van der Waals surface area contributed by atoms with E-state index in [1.165, 1.54) is 0 Å². The zero-order valence-electron chi connectivity index (χ0n) is 21.8. The molecule has 41 heavy (non-hydrogen) atoms. The number of hydrogen-bond donors (Lipinski definition) is 2. The Labute approximate surface area is 235 Å². The fraction of sp³-hybridized carbons (Fsp3) is 0. The molecule has 0 bridgehead atoms. The van der Waals surface area contributed by atoms with Crippen LogP contribution < -0.4 is 16.2 Å². The van der Waals surface area contributed by atoms with Crippen molar-refractivity contribution in [1.82, 2.24) is 0 Å². The minimum Gasteiger partial charge on any atom is -0.423 e. The summed E-state index contributed by atoms with van der Waals surface area (Å²) in [5.41, 5.74) is 16.6. The molecule has 0 amide bonds. The SMILES string of the molecule is Nc1ccc(N=Nc2ccc(C(=O)Oc3ccc(/N=N/c4ccc(N)c5ccccc45)cc3)cc2)c2ccccc12.